The molecule has 2 aromatic rings. The minimum atomic E-state index is 0.324. The highest BCUT2D eigenvalue weighted by molar-refractivity contribution is 7.99. The number of hydrogen-bond acceptors (Lipinski definition) is 4. The third-order valence-corrected chi connectivity index (χ3v) is 4.26. The molecule has 0 fully saturated rings. The molecule has 0 radical (unpaired) electrons. The minimum absolute atomic E-state index is 0.324. The van der Waals surface area contributed by atoms with E-state index < -0.39 is 0 Å². The van der Waals surface area contributed by atoms with E-state index in [0.717, 1.165) is 11.4 Å². The molecule has 3 rings (SSSR count). The summed E-state index contributed by atoms with van der Waals surface area (Å²) in [6.45, 7) is 2.60. The first-order chi connectivity index (χ1) is 9.38. The number of anilines is 1. The average molecular weight is 272 g/mol. The number of nitrogens with one attached hydrogen (secondary N) is 1. The lowest BCUT2D eigenvalue weighted by atomic mass is 10.1. The van der Waals surface area contributed by atoms with Gasteiger partial charge >= 0.3 is 0 Å². The predicted molar refractivity (Wildman–Crippen MR) is 78.9 cm³/mol. The molecule has 1 aliphatic heterocycles. The van der Waals surface area contributed by atoms with Gasteiger partial charge in [0.25, 0.3) is 0 Å². The second-order valence-electron chi connectivity index (χ2n) is 4.33. The van der Waals surface area contributed by atoms with Crippen LogP contribution in [-0.4, -0.2) is 17.3 Å². The number of benzene rings is 1. The molecule has 0 aliphatic carbocycles. The predicted octanol–water partition coefficient (Wildman–Crippen LogP) is 3.74. The Morgan fingerprint density at radius 1 is 1.32 bits per heavy atom. The summed E-state index contributed by atoms with van der Waals surface area (Å²) in [5.41, 5.74) is 2.32. The monoisotopic (exact) mass is 272 g/mol. The van der Waals surface area contributed by atoms with E-state index in [1.807, 2.05) is 30.8 Å². The third-order valence-electron chi connectivity index (χ3n) is 3.08. The molecule has 0 saturated carbocycles. The topological polar surface area (TPSA) is 34.1 Å². The van der Waals surface area contributed by atoms with Gasteiger partial charge in [0, 0.05) is 16.8 Å². The van der Waals surface area contributed by atoms with E-state index in [-0.39, 0.29) is 0 Å². The first-order valence-electron chi connectivity index (χ1n) is 6.44. The zero-order valence-electron chi connectivity index (χ0n) is 10.8. The van der Waals surface area contributed by atoms with E-state index in [1.54, 1.807) is 6.20 Å². The van der Waals surface area contributed by atoms with Crippen LogP contribution in [0.5, 0.6) is 5.88 Å². The van der Waals surface area contributed by atoms with E-state index in [9.17, 15) is 0 Å². The van der Waals surface area contributed by atoms with Gasteiger partial charge in [-0.05, 0) is 30.7 Å². The van der Waals surface area contributed by atoms with Crippen LogP contribution in [0.25, 0.3) is 0 Å². The summed E-state index contributed by atoms with van der Waals surface area (Å²) in [4.78, 5) is 5.64. The molecule has 1 aromatic heterocycles. The maximum atomic E-state index is 5.55. The molecule has 1 atom stereocenters. The molecule has 4 heteroatoms. The van der Waals surface area contributed by atoms with Crippen molar-refractivity contribution in [3.63, 3.8) is 0 Å². The van der Waals surface area contributed by atoms with Crippen LogP contribution in [0, 0.1) is 0 Å². The quantitative estimate of drug-likeness (QED) is 0.919. The summed E-state index contributed by atoms with van der Waals surface area (Å²) < 4.78 is 5.55. The molecule has 0 bridgehead atoms. The zero-order valence-corrected chi connectivity index (χ0v) is 11.6. The number of thioether (sulfide) groups is 1. The van der Waals surface area contributed by atoms with Crippen LogP contribution >= 0.6 is 11.8 Å². The number of aromatic nitrogens is 1. The molecule has 1 aromatic carbocycles. The van der Waals surface area contributed by atoms with Crippen molar-refractivity contribution in [2.24, 2.45) is 0 Å². The van der Waals surface area contributed by atoms with Gasteiger partial charge in [0.15, 0.2) is 0 Å². The molecule has 3 nitrogen and oxygen atoms in total. The normalized spacial score (nSPS) is 17.0. The van der Waals surface area contributed by atoms with Crippen LogP contribution in [0.15, 0.2) is 47.5 Å². The summed E-state index contributed by atoms with van der Waals surface area (Å²) in [5.74, 6) is 1.72. The average Bonchev–Trinajstić information content (AvgIpc) is 2.85. The zero-order chi connectivity index (χ0) is 13.1. The number of nitrogens with zero attached hydrogens (tertiary/aromatic N) is 1. The maximum absolute atomic E-state index is 5.55. The fourth-order valence-corrected chi connectivity index (χ4v) is 3.38. The Bertz CT molecular complexity index is 574. The Hall–Kier alpha value is -1.68. The van der Waals surface area contributed by atoms with Crippen molar-refractivity contribution >= 4 is 17.4 Å². The van der Waals surface area contributed by atoms with E-state index in [2.05, 4.69) is 34.6 Å². The Labute approximate surface area is 117 Å². The number of fused-ring (bicyclic) bond motifs is 1. The smallest absolute Gasteiger partial charge is 0.237 e. The molecule has 19 heavy (non-hydrogen) atoms. The number of rotatable bonds is 4. The molecule has 0 amide bonds. The van der Waals surface area contributed by atoms with Crippen molar-refractivity contribution in [3.8, 4) is 5.88 Å². The fraction of sp³-hybridized carbons (Fsp3) is 0.267. The summed E-state index contributed by atoms with van der Waals surface area (Å²) in [7, 11) is 0. The van der Waals surface area contributed by atoms with Gasteiger partial charge in [0.1, 0.15) is 0 Å². The van der Waals surface area contributed by atoms with E-state index in [1.165, 1.54) is 10.5 Å². The van der Waals surface area contributed by atoms with Crippen molar-refractivity contribution in [1.82, 2.24) is 4.98 Å². The molecule has 0 spiro atoms. The Morgan fingerprint density at radius 2 is 2.21 bits per heavy atom. The molecule has 1 N–H and O–H groups in total. The number of ether oxygens (including phenoxy) is 1. The minimum Gasteiger partial charge on any atom is -0.476 e. The van der Waals surface area contributed by atoms with Crippen LogP contribution in [0.1, 0.15) is 18.5 Å². The van der Waals surface area contributed by atoms with Gasteiger partial charge in [-0.1, -0.05) is 18.2 Å². The van der Waals surface area contributed by atoms with Crippen LogP contribution < -0.4 is 10.1 Å². The first-order valence-corrected chi connectivity index (χ1v) is 7.43. The van der Waals surface area contributed by atoms with Gasteiger partial charge < -0.3 is 10.1 Å². The Kier molecular flexibility index (Phi) is 3.60. The van der Waals surface area contributed by atoms with E-state index in [0.29, 0.717) is 18.5 Å². The lowest BCUT2D eigenvalue weighted by Gasteiger charge is -2.16. The molecule has 1 unspecified atom stereocenters. The first kappa shape index (κ1) is 12.4. The highest BCUT2D eigenvalue weighted by Gasteiger charge is 2.23. The van der Waals surface area contributed by atoms with Gasteiger partial charge in [0.05, 0.1) is 18.3 Å². The summed E-state index contributed by atoms with van der Waals surface area (Å²) in [5, 5.41) is 3.54. The molecule has 98 valence electrons. The second-order valence-corrected chi connectivity index (χ2v) is 5.40. The van der Waals surface area contributed by atoms with Crippen molar-refractivity contribution in [3.05, 3.63) is 48.2 Å². The molecule has 0 saturated heterocycles. The lowest BCUT2D eigenvalue weighted by molar-refractivity contribution is 0.328. The maximum Gasteiger partial charge on any atom is 0.237 e. The third kappa shape index (κ3) is 2.54. The van der Waals surface area contributed by atoms with Crippen LogP contribution in [0.3, 0.4) is 0 Å². The standard InChI is InChI=1S/C15H16N2OS/c1-2-18-15-12(7-5-9-16-15)17-13-10-19-14-8-4-3-6-11(13)14/h3-9,13,17H,2,10H2,1H3. The summed E-state index contributed by atoms with van der Waals surface area (Å²) in [6, 6.07) is 12.8. The Balaban J connectivity index is 1.83. The highest BCUT2D eigenvalue weighted by Crippen LogP contribution is 2.40. The molecule has 2 heterocycles. The fourth-order valence-electron chi connectivity index (χ4n) is 2.22. The van der Waals surface area contributed by atoms with E-state index >= 15 is 0 Å². The molecular weight excluding hydrogens is 256 g/mol. The second kappa shape index (κ2) is 5.53. The van der Waals surface area contributed by atoms with Gasteiger partial charge in [-0.25, -0.2) is 4.98 Å². The molecule has 1 aliphatic rings. The summed E-state index contributed by atoms with van der Waals surface area (Å²) in [6.07, 6.45) is 1.76. The largest absolute Gasteiger partial charge is 0.476 e. The van der Waals surface area contributed by atoms with Crippen LogP contribution in [-0.2, 0) is 0 Å². The molecular formula is C15H16N2OS. The Morgan fingerprint density at radius 3 is 3.11 bits per heavy atom. The summed E-state index contributed by atoms with van der Waals surface area (Å²) >= 11 is 1.89. The van der Waals surface area contributed by atoms with Gasteiger partial charge in [-0.2, -0.15) is 0 Å². The van der Waals surface area contributed by atoms with Gasteiger partial charge in [-0.3, -0.25) is 0 Å². The van der Waals surface area contributed by atoms with Crippen molar-refractivity contribution in [1.29, 1.82) is 0 Å². The SMILES string of the molecule is CCOc1ncccc1NC1CSc2ccccc21. The van der Waals surface area contributed by atoms with Crippen molar-refractivity contribution in [2.75, 3.05) is 17.7 Å². The number of hydrogen-bond donors (Lipinski definition) is 1. The lowest BCUT2D eigenvalue weighted by Crippen LogP contribution is -2.11. The van der Waals surface area contributed by atoms with Crippen molar-refractivity contribution < 1.29 is 4.74 Å². The van der Waals surface area contributed by atoms with Gasteiger partial charge in [-0.15, -0.1) is 11.8 Å². The number of pyridine rings is 1. The van der Waals surface area contributed by atoms with Gasteiger partial charge in [0.2, 0.25) is 5.88 Å². The van der Waals surface area contributed by atoms with Crippen molar-refractivity contribution in [2.45, 2.75) is 17.9 Å². The van der Waals surface area contributed by atoms with Crippen LogP contribution in [0.2, 0.25) is 0 Å². The highest BCUT2D eigenvalue weighted by atomic mass is 32.2. The van der Waals surface area contributed by atoms with Crippen LogP contribution in [0.4, 0.5) is 5.69 Å². The van der Waals surface area contributed by atoms with E-state index in [4.69, 9.17) is 4.74 Å².